The molecule has 0 aliphatic carbocycles. The topological polar surface area (TPSA) is 78.3 Å². The van der Waals surface area contributed by atoms with Gasteiger partial charge in [-0.2, -0.15) is 0 Å². The maximum absolute atomic E-state index is 12.8. The lowest BCUT2D eigenvalue weighted by atomic mass is 9.96. The van der Waals surface area contributed by atoms with Crippen molar-refractivity contribution >= 4 is 22.7 Å². The van der Waals surface area contributed by atoms with Crippen LogP contribution in [-0.2, 0) is 22.6 Å². The third-order valence-electron chi connectivity index (χ3n) is 5.18. The second-order valence-corrected chi connectivity index (χ2v) is 7.01. The van der Waals surface area contributed by atoms with E-state index >= 15 is 0 Å². The van der Waals surface area contributed by atoms with Gasteiger partial charge in [0.1, 0.15) is 5.76 Å². The molecular weight excluding hydrogens is 342 g/mol. The van der Waals surface area contributed by atoms with E-state index in [4.69, 9.17) is 4.42 Å². The van der Waals surface area contributed by atoms with Gasteiger partial charge >= 0.3 is 0 Å². The van der Waals surface area contributed by atoms with Crippen molar-refractivity contribution in [3.63, 3.8) is 0 Å². The number of para-hydroxylation sites is 1. The van der Waals surface area contributed by atoms with Crippen LogP contribution in [0.4, 0.5) is 0 Å². The highest BCUT2D eigenvalue weighted by Crippen LogP contribution is 2.21. The Labute approximate surface area is 157 Å². The first-order valence-corrected chi connectivity index (χ1v) is 9.33. The zero-order valence-corrected chi connectivity index (χ0v) is 15.1. The molecule has 1 saturated heterocycles. The molecule has 27 heavy (non-hydrogen) atoms. The predicted octanol–water partition coefficient (Wildman–Crippen LogP) is 2.86. The van der Waals surface area contributed by atoms with Crippen LogP contribution in [0.1, 0.15) is 24.2 Å². The van der Waals surface area contributed by atoms with Crippen LogP contribution in [0, 0.1) is 5.92 Å². The van der Waals surface area contributed by atoms with Crippen molar-refractivity contribution in [3.05, 3.63) is 60.2 Å². The van der Waals surface area contributed by atoms with Crippen LogP contribution < -0.4 is 5.32 Å². The predicted molar refractivity (Wildman–Crippen MR) is 102 cm³/mol. The van der Waals surface area contributed by atoms with Crippen LogP contribution in [0.5, 0.6) is 0 Å². The van der Waals surface area contributed by atoms with Gasteiger partial charge in [-0.15, -0.1) is 0 Å². The average molecular weight is 365 g/mol. The highest BCUT2D eigenvalue weighted by molar-refractivity contribution is 5.89. The fraction of sp³-hybridized carbons (Fsp3) is 0.333. The molecule has 1 atom stereocenters. The summed E-state index contributed by atoms with van der Waals surface area (Å²) in [7, 11) is 0. The molecule has 0 unspecified atom stereocenters. The van der Waals surface area contributed by atoms with E-state index in [1.54, 1.807) is 12.3 Å². The van der Waals surface area contributed by atoms with Crippen LogP contribution >= 0.6 is 0 Å². The van der Waals surface area contributed by atoms with Crippen molar-refractivity contribution in [2.45, 2.75) is 25.8 Å². The minimum atomic E-state index is -0.166. The summed E-state index contributed by atoms with van der Waals surface area (Å²) in [6.45, 7) is 1.57. The SMILES string of the molecule is O=C(NCc1ccco1)[C@H]1CCCN(C(=O)Cc2c[nH]c3ccccc23)C1. The van der Waals surface area contributed by atoms with E-state index < -0.39 is 0 Å². The Bertz CT molecular complexity index is 929. The number of nitrogens with one attached hydrogen (secondary N) is 2. The van der Waals surface area contributed by atoms with Gasteiger partial charge in [-0.1, -0.05) is 18.2 Å². The van der Waals surface area contributed by atoms with Crippen molar-refractivity contribution in [3.8, 4) is 0 Å². The maximum Gasteiger partial charge on any atom is 0.227 e. The van der Waals surface area contributed by atoms with E-state index in [2.05, 4.69) is 10.3 Å². The molecule has 1 aliphatic heterocycles. The Morgan fingerprint density at radius 1 is 1.22 bits per heavy atom. The van der Waals surface area contributed by atoms with Gasteiger partial charge in [0.15, 0.2) is 0 Å². The molecule has 3 aromatic rings. The molecule has 2 aromatic heterocycles. The number of fused-ring (bicyclic) bond motifs is 1. The highest BCUT2D eigenvalue weighted by atomic mass is 16.3. The second kappa shape index (κ2) is 7.70. The van der Waals surface area contributed by atoms with Crippen LogP contribution in [0.3, 0.4) is 0 Å². The summed E-state index contributed by atoms with van der Waals surface area (Å²) in [6, 6.07) is 11.6. The van der Waals surface area contributed by atoms with E-state index in [1.165, 1.54) is 0 Å². The lowest BCUT2D eigenvalue weighted by Gasteiger charge is -2.32. The number of furan rings is 1. The zero-order valence-electron chi connectivity index (χ0n) is 15.1. The number of rotatable bonds is 5. The number of carbonyl (C=O) groups excluding carboxylic acids is 2. The molecule has 3 heterocycles. The molecule has 140 valence electrons. The van der Waals surface area contributed by atoms with Crippen molar-refractivity contribution in [2.24, 2.45) is 5.92 Å². The van der Waals surface area contributed by atoms with Crippen LogP contribution in [0.25, 0.3) is 10.9 Å². The summed E-state index contributed by atoms with van der Waals surface area (Å²) in [5, 5.41) is 3.99. The number of H-pyrrole nitrogens is 1. The molecule has 0 saturated carbocycles. The number of hydrogen-bond acceptors (Lipinski definition) is 3. The number of benzene rings is 1. The van der Waals surface area contributed by atoms with Gasteiger partial charge in [0.05, 0.1) is 25.1 Å². The molecule has 1 fully saturated rings. The summed E-state index contributed by atoms with van der Waals surface area (Å²) >= 11 is 0. The van der Waals surface area contributed by atoms with E-state index in [0.717, 1.165) is 35.1 Å². The quantitative estimate of drug-likeness (QED) is 0.730. The van der Waals surface area contributed by atoms with Crippen LogP contribution in [0.2, 0.25) is 0 Å². The Kier molecular flexibility index (Phi) is 4.96. The molecule has 1 aliphatic rings. The molecule has 6 heteroatoms. The molecule has 0 spiro atoms. The Morgan fingerprint density at radius 2 is 2.11 bits per heavy atom. The summed E-state index contributed by atoms with van der Waals surface area (Å²) in [6.07, 6.45) is 5.50. The fourth-order valence-electron chi connectivity index (χ4n) is 3.70. The summed E-state index contributed by atoms with van der Waals surface area (Å²) in [5.41, 5.74) is 2.04. The van der Waals surface area contributed by atoms with E-state index in [0.29, 0.717) is 26.1 Å². The molecule has 6 nitrogen and oxygen atoms in total. The smallest absolute Gasteiger partial charge is 0.227 e. The summed E-state index contributed by atoms with van der Waals surface area (Å²) in [4.78, 5) is 30.3. The second-order valence-electron chi connectivity index (χ2n) is 7.01. The number of likely N-dealkylation sites (tertiary alicyclic amines) is 1. The normalized spacial score (nSPS) is 17.2. The average Bonchev–Trinajstić information content (AvgIpc) is 3.36. The Hall–Kier alpha value is -3.02. The van der Waals surface area contributed by atoms with Crippen molar-refractivity contribution in [1.29, 1.82) is 0 Å². The van der Waals surface area contributed by atoms with Crippen LogP contribution in [0.15, 0.2) is 53.3 Å². The van der Waals surface area contributed by atoms with Crippen LogP contribution in [-0.4, -0.2) is 34.8 Å². The first-order chi connectivity index (χ1) is 13.2. The Morgan fingerprint density at radius 3 is 2.96 bits per heavy atom. The number of carbonyl (C=O) groups is 2. The number of nitrogens with zero attached hydrogens (tertiary/aromatic N) is 1. The lowest BCUT2D eigenvalue weighted by molar-refractivity contribution is -0.135. The Balaban J connectivity index is 1.35. The largest absolute Gasteiger partial charge is 0.467 e. The molecule has 2 N–H and O–H groups in total. The van der Waals surface area contributed by atoms with Gasteiger partial charge in [-0.3, -0.25) is 9.59 Å². The third-order valence-corrected chi connectivity index (χ3v) is 5.18. The standard InChI is InChI=1S/C21H23N3O3/c25-20(11-16-12-22-19-8-2-1-7-18(16)19)24-9-3-5-15(14-24)21(26)23-13-17-6-4-10-27-17/h1-2,4,6-8,10,12,15,22H,3,5,9,11,13-14H2,(H,23,26)/t15-/m0/s1. The van der Waals surface area contributed by atoms with Crippen molar-refractivity contribution in [2.75, 3.05) is 13.1 Å². The number of amides is 2. The minimum Gasteiger partial charge on any atom is -0.467 e. The van der Waals surface area contributed by atoms with Crippen molar-refractivity contribution in [1.82, 2.24) is 15.2 Å². The monoisotopic (exact) mass is 365 g/mol. The molecule has 2 amide bonds. The van der Waals surface area contributed by atoms with E-state index in [-0.39, 0.29) is 17.7 Å². The zero-order chi connectivity index (χ0) is 18.6. The molecule has 4 rings (SSSR count). The molecule has 0 radical (unpaired) electrons. The molecule has 0 bridgehead atoms. The number of piperidine rings is 1. The van der Waals surface area contributed by atoms with Gasteiger partial charge in [-0.25, -0.2) is 0 Å². The van der Waals surface area contributed by atoms with E-state index in [1.807, 2.05) is 41.4 Å². The van der Waals surface area contributed by atoms with E-state index in [9.17, 15) is 9.59 Å². The maximum atomic E-state index is 12.8. The lowest BCUT2D eigenvalue weighted by Crippen LogP contribution is -2.45. The summed E-state index contributed by atoms with van der Waals surface area (Å²) in [5.74, 6) is 0.617. The third kappa shape index (κ3) is 3.89. The van der Waals surface area contributed by atoms with Gasteiger partial charge in [0, 0.05) is 30.2 Å². The summed E-state index contributed by atoms with van der Waals surface area (Å²) < 4.78 is 5.24. The van der Waals surface area contributed by atoms with Gasteiger partial charge in [0.2, 0.25) is 11.8 Å². The fourth-order valence-corrected chi connectivity index (χ4v) is 3.70. The van der Waals surface area contributed by atoms with Gasteiger partial charge in [0.25, 0.3) is 0 Å². The van der Waals surface area contributed by atoms with Gasteiger partial charge < -0.3 is 19.6 Å². The first-order valence-electron chi connectivity index (χ1n) is 9.33. The highest BCUT2D eigenvalue weighted by Gasteiger charge is 2.28. The molecular formula is C21H23N3O3. The molecule has 1 aromatic carbocycles. The van der Waals surface area contributed by atoms with Gasteiger partial charge in [-0.05, 0) is 36.6 Å². The number of aromatic nitrogens is 1. The van der Waals surface area contributed by atoms with Crippen molar-refractivity contribution < 1.29 is 14.0 Å². The minimum absolute atomic E-state index is 0.0176. The first kappa shape index (κ1) is 17.4. The number of hydrogen-bond donors (Lipinski definition) is 2. The number of aromatic amines is 1.